The van der Waals surface area contributed by atoms with E-state index in [2.05, 4.69) is 5.32 Å². The first-order valence-electron chi connectivity index (χ1n) is 7.96. The standard InChI is InChI=1S/C19H20Cl2N2O2/c1-3-14-6-4-5-7-17(14)22-18(24)12-23(2)19(25)11-13-8-9-15(20)16(21)10-13/h4-10H,3,11-12H2,1-2H3,(H,22,24). The fraction of sp³-hybridized carbons (Fsp3) is 0.263. The molecule has 0 spiro atoms. The van der Waals surface area contributed by atoms with Crippen molar-refractivity contribution >= 4 is 40.7 Å². The summed E-state index contributed by atoms with van der Waals surface area (Å²) >= 11 is 11.8. The van der Waals surface area contributed by atoms with Crippen LogP contribution in [0.25, 0.3) is 0 Å². The van der Waals surface area contributed by atoms with Crippen molar-refractivity contribution in [3.05, 3.63) is 63.6 Å². The average Bonchev–Trinajstić information content (AvgIpc) is 2.58. The van der Waals surface area contributed by atoms with Gasteiger partial charge in [0.2, 0.25) is 11.8 Å². The van der Waals surface area contributed by atoms with Crippen molar-refractivity contribution in [2.45, 2.75) is 19.8 Å². The number of carbonyl (C=O) groups excluding carboxylic acids is 2. The number of hydrogen-bond acceptors (Lipinski definition) is 2. The van der Waals surface area contributed by atoms with Gasteiger partial charge in [0.15, 0.2) is 0 Å². The Morgan fingerprint density at radius 2 is 1.80 bits per heavy atom. The van der Waals surface area contributed by atoms with Gasteiger partial charge < -0.3 is 10.2 Å². The summed E-state index contributed by atoms with van der Waals surface area (Å²) in [6, 6.07) is 12.7. The van der Waals surface area contributed by atoms with Crippen LogP contribution in [0.15, 0.2) is 42.5 Å². The van der Waals surface area contributed by atoms with Crippen molar-refractivity contribution in [2.24, 2.45) is 0 Å². The zero-order valence-corrected chi connectivity index (χ0v) is 15.7. The van der Waals surface area contributed by atoms with Gasteiger partial charge in [-0.05, 0) is 35.7 Å². The van der Waals surface area contributed by atoms with E-state index in [1.54, 1.807) is 25.2 Å². The van der Waals surface area contributed by atoms with Crippen LogP contribution >= 0.6 is 23.2 Å². The number of halogens is 2. The van der Waals surface area contributed by atoms with Gasteiger partial charge in [0.1, 0.15) is 0 Å². The van der Waals surface area contributed by atoms with E-state index in [4.69, 9.17) is 23.2 Å². The summed E-state index contributed by atoms with van der Waals surface area (Å²) in [6.45, 7) is 2.01. The van der Waals surface area contributed by atoms with Gasteiger partial charge in [0.25, 0.3) is 0 Å². The largest absolute Gasteiger partial charge is 0.336 e. The lowest BCUT2D eigenvalue weighted by molar-refractivity contribution is -0.132. The zero-order chi connectivity index (χ0) is 18.4. The minimum absolute atomic E-state index is 0.0157. The molecular formula is C19H20Cl2N2O2. The number of nitrogens with one attached hydrogen (secondary N) is 1. The van der Waals surface area contributed by atoms with Crippen LogP contribution in [0.4, 0.5) is 5.69 Å². The van der Waals surface area contributed by atoms with Crippen molar-refractivity contribution in [1.82, 2.24) is 4.90 Å². The minimum Gasteiger partial charge on any atom is -0.336 e. The number of rotatable bonds is 6. The molecule has 0 aliphatic heterocycles. The molecule has 0 bridgehead atoms. The molecule has 25 heavy (non-hydrogen) atoms. The summed E-state index contributed by atoms with van der Waals surface area (Å²) in [5, 5.41) is 3.71. The minimum atomic E-state index is -0.231. The third kappa shape index (κ3) is 5.48. The van der Waals surface area contributed by atoms with Crippen LogP contribution in [-0.4, -0.2) is 30.3 Å². The summed E-state index contributed by atoms with van der Waals surface area (Å²) in [5.74, 6) is -0.400. The van der Waals surface area contributed by atoms with Crippen LogP contribution in [-0.2, 0) is 22.4 Å². The second kappa shape index (κ2) is 8.88. The second-order valence-electron chi connectivity index (χ2n) is 5.73. The van der Waals surface area contributed by atoms with Gasteiger partial charge in [0.05, 0.1) is 23.0 Å². The summed E-state index contributed by atoms with van der Waals surface area (Å²) < 4.78 is 0. The zero-order valence-electron chi connectivity index (χ0n) is 14.2. The van der Waals surface area contributed by atoms with Crippen LogP contribution in [0.1, 0.15) is 18.1 Å². The van der Waals surface area contributed by atoms with Gasteiger partial charge in [-0.3, -0.25) is 9.59 Å². The molecule has 4 nitrogen and oxygen atoms in total. The molecule has 0 saturated heterocycles. The van der Waals surface area contributed by atoms with E-state index in [1.165, 1.54) is 4.90 Å². The Morgan fingerprint density at radius 3 is 2.48 bits per heavy atom. The van der Waals surface area contributed by atoms with E-state index >= 15 is 0 Å². The lowest BCUT2D eigenvalue weighted by Crippen LogP contribution is -2.35. The molecule has 2 amide bonds. The average molecular weight is 379 g/mol. The highest BCUT2D eigenvalue weighted by Crippen LogP contribution is 2.23. The highest BCUT2D eigenvalue weighted by molar-refractivity contribution is 6.42. The Morgan fingerprint density at radius 1 is 1.08 bits per heavy atom. The molecule has 1 N–H and O–H groups in total. The Balaban J connectivity index is 1.93. The first-order chi connectivity index (χ1) is 11.9. The van der Waals surface area contributed by atoms with E-state index < -0.39 is 0 Å². The number of amides is 2. The maximum atomic E-state index is 12.3. The van der Waals surface area contributed by atoms with Crippen molar-refractivity contribution in [1.29, 1.82) is 0 Å². The second-order valence-corrected chi connectivity index (χ2v) is 6.55. The molecule has 2 aromatic carbocycles. The predicted octanol–water partition coefficient (Wildman–Crippen LogP) is 4.20. The smallest absolute Gasteiger partial charge is 0.243 e. The third-order valence-electron chi connectivity index (χ3n) is 3.82. The molecule has 0 radical (unpaired) electrons. The fourth-order valence-corrected chi connectivity index (χ4v) is 2.72. The first-order valence-corrected chi connectivity index (χ1v) is 8.72. The SMILES string of the molecule is CCc1ccccc1NC(=O)CN(C)C(=O)Cc1ccc(Cl)c(Cl)c1. The quantitative estimate of drug-likeness (QED) is 0.818. The Bertz CT molecular complexity index is 778. The topological polar surface area (TPSA) is 49.4 Å². The number of hydrogen-bond donors (Lipinski definition) is 1. The molecular weight excluding hydrogens is 359 g/mol. The van der Waals surface area contributed by atoms with Crippen molar-refractivity contribution in [3.8, 4) is 0 Å². The van der Waals surface area contributed by atoms with Crippen LogP contribution in [0.5, 0.6) is 0 Å². The Hall–Kier alpha value is -2.04. The van der Waals surface area contributed by atoms with Crippen LogP contribution in [0.2, 0.25) is 10.0 Å². The number of anilines is 1. The monoisotopic (exact) mass is 378 g/mol. The molecule has 0 unspecified atom stereocenters. The molecule has 6 heteroatoms. The summed E-state index contributed by atoms with van der Waals surface area (Å²) in [4.78, 5) is 25.9. The van der Waals surface area contributed by atoms with Crippen molar-refractivity contribution in [3.63, 3.8) is 0 Å². The predicted molar refractivity (Wildman–Crippen MR) is 102 cm³/mol. The molecule has 0 aliphatic rings. The molecule has 2 aromatic rings. The van der Waals surface area contributed by atoms with E-state index in [-0.39, 0.29) is 24.8 Å². The van der Waals surface area contributed by atoms with Crippen LogP contribution in [0.3, 0.4) is 0 Å². The number of carbonyl (C=O) groups is 2. The van der Waals surface area contributed by atoms with E-state index in [1.807, 2.05) is 31.2 Å². The van der Waals surface area contributed by atoms with Gasteiger partial charge >= 0.3 is 0 Å². The Labute approximate surface area is 157 Å². The maximum absolute atomic E-state index is 12.3. The van der Waals surface area contributed by atoms with Crippen molar-refractivity contribution < 1.29 is 9.59 Å². The molecule has 0 aromatic heterocycles. The molecule has 0 fully saturated rings. The molecule has 0 saturated carbocycles. The molecule has 132 valence electrons. The molecule has 0 aliphatic carbocycles. The first kappa shape index (κ1) is 19.3. The molecule has 0 atom stereocenters. The molecule has 0 heterocycles. The summed E-state index contributed by atoms with van der Waals surface area (Å²) in [5.41, 5.74) is 2.59. The number of aryl methyl sites for hydroxylation is 1. The van der Waals surface area contributed by atoms with Crippen LogP contribution in [0, 0.1) is 0 Å². The normalized spacial score (nSPS) is 10.4. The fourth-order valence-electron chi connectivity index (χ4n) is 2.40. The third-order valence-corrected chi connectivity index (χ3v) is 4.56. The number of para-hydroxylation sites is 1. The van der Waals surface area contributed by atoms with E-state index in [0.29, 0.717) is 10.0 Å². The Kier molecular flexibility index (Phi) is 6.85. The van der Waals surface area contributed by atoms with Gasteiger partial charge in [-0.15, -0.1) is 0 Å². The number of likely N-dealkylation sites (N-methyl/N-ethyl adjacent to an activating group) is 1. The van der Waals surface area contributed by atoms with E-state index in [9.17, 15) is 9.59 Å². The van der Waals surface area contributed by atoms with Crippen LogP contribution < -0.4 is 5.32 Å². The summed E-state index contributed by atoms with van der Waals surface area (Å²) in [7, 11) is 1.60. The number of benzene rings is 2. The van der Waals surface area contributed by atoms with Crippen molar-refractivity contribution in [2.75, 3.05) is 18.9 Å². The van der Waals surface area contributed by atoms with E-state index in [0.717, 1.165) is 23.2 Å². The lowest BCUT2D eigenvalue weighted by Gasteiger charge is -2.18. The van der Waals surface area contributed by atoms with Gasteiger partial charge in [0, 0.05) is 12.7 Å². The van der Waals surface area contributed by atoms with Gasteiger partial charge in [-0.1, -0.05) is 54.4 Å². The highest BCUT2D eigenvalue weighted by atomic mass is 35.5. The lowest BCUT2D eigenvalue weighted by atomic mass is 10.1. The van der Waals surface area contributed by atoms with Gasteiger partial charge in [-0.25, -0.2) is 0 Å². The van der Waals surface area contributed by atoms with Gasteiger partial charge in [-0.2, -0.15) is 0 Å². The summed E-state index contributed by atoms with van der Waals surface area (Å²) in [6.07, 6.45) is 0.981. The highest BCUT2D eigenvalue weighted by Gasteiger charge is 2.15. The number of nitrogens with zero attached hydrogens (tertiary/aromatic N) is 1. The maximum Gasteiger partial charge on any atom is 0.243 e. The molecule has 2 rings (SSSR count).